The number of benzene rings is 1. The van der Waals surface area contributed by atoms with E-state index in [-0.39, 0.29) is 5.75 Å². The average molecular weight is 317 g/mol. The van der Waals surface area contributed by atoms with Gasteiger partial charge in [0.25, 0.3) is 0 Å². The minimum absolute atomic E-state index is 0.0477. The Hall–Kier alpha value is -1.22. The molecule has 0 saturated carbocycles. The van der Waals surface area contributed by atoms with Gasteiger partial charge in [-0.2, -0.15) is 4.39 Å². The molecule has 0 bridgehead atoms. The summed E-state index contributed by atoms with van der Waals surface area (Å²) in [5.41, 5.74) is 0.376. The molecule has 0 amide bonds. The first kappa shape index (κ1) is 15.8. The lowest BCUT2D eigenvalue weighted by atomic mass is 10.3. The van der Waals surface area contributed by atoms with Crippen molar-refractivity contribution in [3.05, 3.63) is 24.3 Å². The Bertz CT molecular complexity index is 528. The highest BCUT2D eigenvalue weighted by Crippen LogP contribution is 2.74. The summed E-state index contributed by atoms with van der Waals surface area (Å²) < 4.78 is 55.3. The Kier molecular flexibility index (Phi) is 4.51. The van der Waals surface area contributed by atoms with E-state index in [9.17, 15) is 20.8 Å². The van der Waals surface area contributed by atoms with Gasteiger partial charge in [-0.1, -0.05) is 0 Å². The van der Waals surface area contributed by atoms with Gasteiger partial charge in [-0.05, 0) is 24.3 Å². The third-order valence-corrected chi connectivity index (χ3v) is 4.19. The van der Waals surface area contributed by atoms with E-state index in [4.69, 9.17) is 0 Å². The van der Waals surface area contributed by atoms with Crippen LogP contribution in [0.1, 0.15) is 0 Å². The average Bonchev–Trinajstić information content (AvgIpc) is 2.24. The molecule has 1 aromatic carbocycles. The van der Waals surface area contributed by atoms with Crippen LogP contribution in [0.25, 0.3) is 0 Å². The largest absolute Gasteiger partial charge is 0.452 e. The molecule has 1 aromatic rings. The molecular formula is C10H11F4NO2S2. The van der Waals surface area contributed by atoms with Gasteiger partial charge < -0.3 is 9.64 Å². The van der Waals surface area contributed by atoms with Crippen LogP contribution in [0.15, 0.2) is 24.3 Å². The van der Waals surface area contributed by atoms with Gasteiger partial charge in [0.1, 0.15) is 5.75 Å². The second-order valence-corrected chi connectivity index (χ2v) is 8.00. The van der Waals surface area contributed by atoms with E-state index in [0.29, 0.717) is 0 Å². The van der Waals surface area contributed by atoms with Gasteiger partial charge in [0.05, 0.1) is 10.8 Å². The number of ether oxygens (including phenoxy) is 1. The van der Waals surface area contributed by atoms with E-state index in [1.165, 1.54) is 12.1 Å². The second-order valence-electron chi connectivity index (χ2n) is 3.65. The highest BCUT2D eigenvalue weighted by Gasteiger charge is 2.37. The number of halogens is 4. The summed E-state index contributed by atoms with van der Waals surface area (Å²) in [7, 11) is -4.61. The summed E-state index contributed by atoms with van der Waals surface area (Å²) in [6.45, 7) is 0. The molecule has 0 aliphatic rings. The molecule has 0 spiro atoms. The Morgan fingerprint density at radius 2 is 1.79 bits per heavy atom. The first-order valence-electron chi connectivity index (χ1n) is 4.84. The molecule has 0 N–H and O–H groups in total. The zero-order chi connectivity index (χ0) is 14.7. The fourth-order valence-electron chi connectivity index (χ4n) is 1.08. The van der Waals surface area contributed by atoms with Crippen LogP contribution in [0.5, 0.6) is 5.75 Å². The lowest BCUT2D eigenvalue weighted by Crippen LogP contribution is -2.08. The van der Waals surface area contributed by atoms with E-state index < -0.39 is 30.7 Å². The zero-order valence-corrected chi connectivity index (χ0v) is 11.6. The van der Waals surface area contributed by atoms with Crippen LogP contribution in [-0.2, 0) is 0 Å². The smallest absolute Gasteiger partial charge is 0.374 e. The number of rotatable bonds is 4. The Balaban J connectivity index is 2.88. The Morgan fingerprint density at radius 3 is 2.21 bits per heavy atom. The van der Waals surface area contributed by atoms with E-state index in [1.54, 1.807) is 31.1 Å². The number of hydrogen-bond acceptors (Lipinski definition) is 4. The normalized spacial score (nSPS) is 13.3. The maximum absolute atomic E-state index is 13.0. The molecule has 0 aliphatic heterocycles. The van der Waals surface area contributed by atoms with Crippen LogP contribution in [-0.4, -0.2) is 25.0 Å². The van der Waals surface area contributed by atoms with Crippen molar-refractivity contribution in [3.8, 4) is 5.75 Å². The van der Waals surface area contributed by atoms with Gasteiger partial charge in [0.2, 0.25) is 8.94 Å². The van der Waals surface area contributed by atoms with Gasteiger partial charge in [0.15, 0.2) is 5.55 Å². The molecule has 0 fully saturated rings. The van der Waals surface area contributed by atoms with Crippen molar-refractivity contribution < 1.29 is 25.6 Å². The Labute approximate surface area is 111 Å². The van der Waals surface area contributed by atoms with Crippen molar-refractivity contribution >= 4 is 36.3 Å². The SMILES string of the molecule is CN(C)c1ccc(OC=S(F)(F)(F)SC(=O)F)cc1. The molecule has 19 heavy (non-hydrogen) atoms. The van der Waals surface area contributed by atoms with Crippen LogP contribution in [0, 0.1) is 0 Å². The number of hydrogen-bond donors (Lipinski definition) is 0. The topological polar surface area (TPSA) is 29.5 Å². The first-order valence-corrected chi connectivity index (χ1v) is 7.98. The molecule has 0 saturated heterocycles. The lowest BCUT2D eigenvalue weighted by molar-refractivity contribution is 0.245. The van der Waals surface area contributed by atoms with Crippen LogP contribution < -0.4 is 9.64 Å². The lowest BCUT2D eigenvalue weighted by Gasteiger charge is -2.18. The molecule has 0 aromatic heterocycles. The number of anilines is 1. The fraction of sp³-hybridized carbons (Fsp3) is 0.200. The molecule has 0 unspecified atom stereocenters. The predicted molar refractivity (Wildman–Crippen MR) is 72.5 cm³/mol. The molecule has 9 heteroatoms. The quantitative estimate of drug-likeness (QED) is 0.351. The summed E-state index contributed by atoms with van der Waals surface area (Å²) in [4.78, 5) is 11.7. The van der Waals surface area contributed by atoms with E-state index in [0.717, 1.165) is 5.69 Å². The zero-order valence-electron chi connectivity index (χ0n) is 9.98. The van der Waals surface area contributed by atoms with Crippen molar-refractivity contribution in [3.63, 3.8) is 0 Å². The molecule has 0 heterocycles. The molecular weight excluding hydrogens is 306 g/mol. The number of carbonyl (C=O) groups is 1. The third kappa shape index (κ3) is 5.52. The monoisotopic (exact) mass is 317 g/mol. The summed E-state index contributed by atoms with van der Waals surface area (Å²) in [5.74, 6) is -0.0477. The maximum atomic E-state index is 13.0. The molecule has 108 valence electrons. The minimum atomic E-state index is -6.87. The molecule has 1 rings (SSSR count). The van der Waals surface area contributed by atoms with Gasteiger partial charge in [-0.25, -0.2) is 4.79 Å². The van der Waals surface area contributed by atoms with Gasteiger partial charge in [-0.3, -0.25) is 0 Å². The standard InChI is InChI=1S/C10H11F4NO2S2/c1-15(2)8-3-5-9(6-4-8)17-7-19(12,13,14)18-10(11)16/h3-7H,1-2H3. The van der Waals surface area contributed by atoms with Crippen molar-refractivity contribution in [2.45, 2.75) is 0 Å². The van der Waals surface area contributed by atoms with Gasteiger partial charge in [-0.15, -0.1) is 11.7 Å². The summed E-state index contributed by atoms with van der Waals surface area (Å²) >= 11 is 0. The van der Waals surface area contributed by atoms with Crippen LogP contribution in [0.3, 0.4) is 0 Å². The maximum Gasteiger partial charge on any atom is 0.374 e. The van der Waals surface area contributed by atoms with Gasteiger partial charge >= 0.3 is 5.37 Å². The van der Waals surface area contributed by atoms with E-state index in [1.807, 2.05) is 0 Å². The number of carbonyl (C=O) groups excluding carboxylic acids is 1. The molecule has 3 nitrogen and oxygen atoms in total. The van der Waals surface area contributed by atoms with Crippen LogP contribution >= 0.6 is 19.7 Å². The third-order valence-electron chi connectivity index (χ3n) is 1.89. The first-order chi connectivity index (χ1) is 8.57. The van der Waals surface area contributed by atoms with Crippen molar-refractivity contribution in [1.29, 1.82) is 0 Å². The highest BCUT2D eigenvalue weighted by atomic mass is 33.2. The number of nitrogens with zero attached hydrogens (tertiary/aromatic N) is 1. The van der Waals surface area contributed by atoms with Crippen molar-refractivity contribution in [2.75, 3.05) is 19.0 Å². The van der Waals surface area contributed by atoms with E-state index >= 15 is 0 Å². The summed E-state index contributed by atoms with van der Waals surface area (Å²) in [5, 5.41) is -2.50. The molecule has 0 atom stereocenters. The molecule has 0 radical (unpaired) electrons. The minimum Gasteiger partial charge on any atom is -0.452 e. The second kappa shape index (κ2) is 5.41. The van der Waals surface area contributed by atoms with Crippen LogP contribution in [0.2, 0.25) is 0 Å². The highest BCUT2D eigenvalue weighted by molar-refractivity contribution is 8.99. The van der Waals surface area contributed by atoms with E-state index in [2.05, 4.69) is 4.74 Å². The molecule has 0 aliphatic carbocycles. The van der Waals surface area contributed by atoms with Gasteiger partial charge in [0, 0.05) is 19.8 Å². The summed E-state index contributed by atoms with van der Waals surface area (Å²) in [6.07, 6.45) is 0. The summed E-state index contributed by atoms with van der Waals surface area (Å²) in [6, 6.07) is 5.82. The van der Waals surface area contributed by atoms with Crippen molar-refractivity contribution in [2.24, 2.45) is 0 Å². The van der Waals surface area contributed by atoms with Crippen molar-refractivity contribution in [1.82, 2.24) is 0 Å². The van der Waals surface area contributed by atoms with Crippen LogP contribution in [0.4, 0.5) is 26.5 Å². The fourth-order valence-corrected chi connectivity index (χ4v) is 2.52. The predicted octanol–water partition coefficient (Wildman–Crippen LogP) is 4.62. The Morgan fingerprint density at radius 1 is 1.26 bits per heavy atom.